The first-order valence-electron chi connectivity index (χ1n) is 7.82. The summed E-state index contributed by atoms with van der Waals surface area (Å²) in [5.74, 6) is -0.591. The maximum absolute atomic E-state index is 12.8. The van der Waals surface area contributed by atoms with Gasteiger partial charge in [-0.15, -0.1) is 0 Å². The standard InChI is InChI=1S/C15H19F3N4O3/c16-15(17,18)11-3-4-12(13(8-11)22(24)25)21-7-1-2-10(9-21)14(23)20-6-5-19/h3-4,8,10H,1-2,5-7,9,19H2,(H,20,23). The Bertz CT molecular complexity index is 651. The van der Waals surface area contributed by atoms with Crippen LogP contribution in [0.1, 0.15) is 18.4 Å². The van der Waals surface area contributed by atoms with Gasteiger partial charge in [-0.25, -0.2) is 0 Å². The van der Waals surface area contributed by atoms with Gasteiger partial charge in [0.2, 0.25) is 5.91 Å². The van der Waals surface area contributed by atoms with Gasteiger partial charge in [0, 0.05) is 32.2 Å². The van der Waals surface area contributed by atoms with Crippen LogP contribution in [0, 0.1) is 16.0 Å². The molecule has 0 bridgehead atoms. The van der Waals surface area contributed by atoms with Gasteiger partial charge in [0.05, 0.1) is 16.4 Å². The van der Waals surface area contributed by atoms with Crippen LogP contribution in [0.5, 0.6) is 0 Å². The molecular formula is C15H19F3N4O3. The lowest BCUT2D eigenvalue weighted by molar-refractivity contribution is -0.384. The summed E-state index contributed by atoms with van der Waals surface area (Å²) in [4.78, 5) is 24.0. The van der Waals surface area contributed by atoms with Gasteiger partial charge in [-0.3, -0.25) is 14.9 Å². The van der Waals surface area contributed by atoms with E-state index in [1.165, 1.54) is 0 Å². The average molecular weight is 360 g/mol. The van der Waals surface area contributed by atoms with Gasteiger partial charge in [-0.1, -0.05) is 0 Å². The van der Waals surface area contributed by atoms with Crippen molar-refractivity contribution in [3.63, 3.8) is 0 Å². The van der Waals surface area contributed by atoms with E-state index in [1.54, 1.807) is 4.90 Å². The summed E-state index contributed by atoms with van der Waals surface area (Å²) in [5.41, 5.74) is 3.74. The number of nitrogens with zero attached hydrogens (tertiary/aromatic N) is 2. The number of carbonyl (C=O) groups is 1. The molecule has 0 aromatic heterocycles. The second-order valence-electron chi connectivity index (χ2n) is 5.82. The minimum absolute atomic E-state index is 0.0920. The van der Waals surface area contributed by atoms with E-state index in [4.69, 9.17) is 5.73 Å². The van der Waals surface area contributed by atoms with Gasteiger partial charge in [-0.05, 0) is 25.0 Å². The maximum atomic E-state index is 12.8. The smallest absolute Gasteiger partial charge is 0.365 e. The highest BCUT2D eigenvalue weighted by molar-refractivity contribution is 5.80. The topological polar surface area (TPSA) is 102 Å². The van der Waals surface area contributed by atoms with Crippen LogP contribution in [0.3, 0.4) is 0 Å². The third kappa shape index (κ3) is 4.59. The zero-order valence-electron chi connectivity index (χ0n) is 13.4. The molecule has 1 aliphatic heterocycles. The number of nitrogens with two attached hydrogens (primary N) is 1. The zero-order chi connectivity index (χ0) is 18.6. The number of hydrogen-bond acceptors (Lipinski definition) is 5. The fraction of sp³-hybridized carbons (Fsp3) is 0.533. The van der Waals surface area contributed by atoms with Crippen LogP contribution in [-0.2, 0) is 11.0 Å². The normalized spacial score (nSPS) is 18.1. The van der Waals surface area contributed by atoms with E-state index in [-0.39, 0.29) is 24.1 Å². The summed E-state index contributed by atoms with van der Waals surface area (Å²) < 4.78 is 38.4. The fourth-order valence-corrected chi connectivity index (χ4v) is 2.86. The predicted molar refractivity (Wildman–Crippen MR) is 85.1 cm³/mol. The molecule has 1 amide bonds. The summed E-state index contributed by atoms with van der Waals surface area (Å²) in [6, 6.07) is 2.45. The molecule has 10 heteroatoms. The van der Waals surface area contributed by atoms with Crippen LogP contribution in [0.25, 0.3) is 0 Å². The van der Waals surface area contributed by atoms with Crippen LogP contribution in [0.4, 0.5) is 24.5 Å². The average Bonchev–Trinajstić information content (AvgIpc) is 2.58. The molecule has 0 saturated carbocycles. The van der Waals surface area contributed by atoms with E-state index in [0.29, 0.717) is 38.5 Å². The van der Waals surface area contributed by atoms with Gasteiger partial charge in [-0.2, -0.15) is 13.2 Å². The van der Waals surface area contributed by atoms with E-state index in [9.17, 15) is 28.1 Å². The SMILES string of the molecule is NCCNC(=O)C1CCCN(c2ccc(C(F)(F)F)cc2[N+](=O)[O-])C1. The summed E-state index contributed by atoms with van der Waals surface area (Å²) in [6.07, 6.45) is -3.43. The molecule has 2 rings (SSSR count). The van der Waals surface area contributed by atoms with Crippen molar-refractivity contribution in [2.24, 2.45) is 11.7 Å². The minimum atomic E-state index is -4.66. The highest BCUT2D eigenvalue weighted by Crippen LogP contribution is 2.37. The lowest BCUT2D eigenvalue weighted by Crippen LogP contribution is -2.44. The molecule has 1 aliphatic rings. The van der Waals surface area contributed by atoms with Crippen molar-refractivity contribution < 1.29 is 22.9 Å². The highest BCUT2D eigenvalue weighted by Gasteiger charge is 2.35. The Labute approximate surface area is 142 Å². The number of halogens is 3. The van der Waals surface area contributed by atoms with Crippen molar-refractivity contribution in [3.05, 3.63) is 33.9 Å². The number of piperidine rings is 1. The van der Waals surface area contributed by atoms with E-state index in [0.717, 1.165) is 12.1 Å². The van der Waals surface area contributed by atoms with Crippen molar-refractivity contribution >= 4 is 17.3 Å². The van der Waals surface area contributed by atoms with Crippen molar-refractivity contribution in [2.75, 3.05) is 31.1 Å². The number of hydrogen-bond donors (Lipinski definition) is 2. The lowest BCUT2D eigenvalue weighted by Gasteiger charge is -2.33. The Morgan fingerprint density at radius 2 is 2.16 bits per heavy atom. The number of nitro benzene ring substituents is 1. The highest BCUT2D eigenvalue weighted by atomic mass is 19.4. The van der Waals surface area contributed by atoms with Crippen molar-refractivity contribution in [3.8, 4) is 0 Å². The van der Waals surface area contributed by atoms with E-state index in [2.05, 4.69) is 5.32 Å². The first kappa shape index (κ1) is 19.0. The Morgan fingerprint density at radius 3 is 2.76 bits per heavy atom. The first-order valence-corrected chi connectivity index (χ1v) is 7.82. The maximum Gasteiger partial charge on any atom is 0.416 e. The molecular weight excluding hydrogens is 341 g/mol. The number of rotatable bonds is 5. The predicted octanol–water partition coefficient (Wildman–Crippen LogP) is 1.90. The molecule has 7 nitrogen and oxygen atoms in total. The van der Waals surface area contributed by atoms with Gasteiger partial charge >= 0.3 is 6.18 Å². The molecule has 3 N–H and O–H groups in total. The molecule has 25 heavy (non-hydrogen) atoms. The summed E-state index contributed by atoms with van der Waals surface area (Å²) in [6.45, 7) is 1.28. The molecule has 1 atom stereocenters. The quantitative estimate of drug-likeness (QED) is 0.617. The van der Waals surface area contributed by atoms with E-state index in [1.807, 2.05) is 0 Å². The number of carbonyl (C=O) groups excluding carboxylic acids is 1. The molecule has 1 fully saturated rings. The van der Waals surface area contributed by atoms with Crippen LogP contribution in [0.15, 0.2) is 18.2 Å². The van der Waals surface area contributed by atoms with Crippen molar-refractivity contribution in [2.45, 2.75) is 19.0 Å². The number of nitrogens with one attached hydrogen (secondary N) is 1. The Morgan fingerprint density at radius 1 is 1.44 bits per heavy atom. The van der Waals surface area contributed by atoms with Crippen molar-refractivity contribution in [1.82, 2.24) is 5.32 Å². The molecule has 0 aliphatic carbocycles. The van der Waals surface area contributed by atoms with Crippen LogP contribution >= 0.6 is 0 Å². The number of amides is 1. The summed E-state index contributed by atoms with van der Waals surface area (Å²) in [5, 5.41) is 13.9. The van der Waals surface area contributed by atoms with Gasteiger partial charge < -0.3 is 16.0 Å². The molecule has 1 unspecified atom stereocenters. The van der Waals surface area contributed by atoms with Crippen molar-refractivity contribution in [1.29, 1.82) is 0 Å². The number of anilines is 1. The van der Waals surface area contributed by atoms with Gasteiger partial charge in [0.25, 0.3) is 5.69 Å². The third-order valence-corrected chi connectivity index (χ3v) is 4.08. The summed E-state index contributed by atoms with van der Waals surface area (Å²) in [7, 11) is 0. The molecule has 138 valence electrons. The number of benzene rings is 1. The monoisotopic (exact) mass is 360 g/mol. The first-order chi connectivity index (χ1) is 11.7. The second kappa shape index (κ2) is 7.68. The van der Waals surface area contributed by atoms with Crippen LogP contribution < -0.4 is 16.0 Å². The Hall–Kier alpha value is -2.36. The van der Waals surface area contributed by atoms with E-state index >= 15 is 0 Å². The van der Waals surface area contributed by atoms with Gasteiger partial charge in [0.15, 0.2) is 0 Å². The molecule has 1 saturated heterocycles. The Kier molecular flexibility index (Phi) is 5.83. The number of alkyl halides is 3. The third-order valence-electron chi connectivity index (χ3n) is 4.08. The van der Waals surface area contributed by atoms with Crippen LogP contribution in [0.2, 0.25) is 0 Å². The molecule has 0 radical (unpaired) electrons. The van der Waals surface area contributed by atoms with Crippen LogP contribution in [-0.4, -0.2) is 37.0 Å². The zero-order valence-corrected chi connectivity index (χ0v) is 13.4. The second-order valence-corrected chi connectivity index (χ2v) is 5.82. The molecule has 1 heterocycles. The number of nitro groups is 1. The summed E-state index contributed by atoms with van der Waals surface area (Å²) >= 11 is 0. The fourth-order valence-electron chi connectivity index (χ4n) is 2.86. The lowest BCUT2D eigenvalue weighted by atomic mass is 9.96. The molecule has 1 aromatic carbocycles. The molecule has 1 aromatic rings. The minimum Gasteiger partial charge on any atom is -0.365 e. The largest absolute Gasteiger partial charge is 0.416 e. The van der Waals surface area contributed by atoms with E-state index < -0.39 is 22.4 Å². The molecule has 0 spiro atoms. The van der Waals surface area contributed by atoms with Gasteiger partial charge in [0.1, 0.15) is 5.69 Å². The Balaban J connectivity index is 2.25.